The van der Waals surface area contributed by atoms with Gasteiger partial charge in [-0.15, -0.1) is 0 Å². The number of hydrogen-bond donors (Lipinski definition) is 3. The van der Waals surface area contributed by atoms with Gasteiger partial charge < -0.3 is 20.3 Å². The van der Waals surface area contributed by atoms with Crippen molar-refractivity contribution in [2.45, 2.75) is 347 Å². The molecule has 0 aromatic heterocycles. The van der Waals surface area contributed by atoms with Gasteiger partial charge in [0.05, 0.1) is 25.4 Å². The van der Waals surface area contributed by atoms with Crippen molar-refractivity contribution in [3.63, 3.8) is 0 Å². The molecule has 0 rings (SSSR count). The van der Waals surface area contributed by atoms with Crippen LogP contribution in [0, 0.1) is 0 Å². The van der Waals surface area contributed by atoms with Crippen LogP contribution in [0.5, 0.6) is 0 Å². The molecule has 422 valence electrons. The van der Waals surface area contributed by atoms with Crippen molar-refractivity contribution in [1.29, 1.82) is 0 Å². The van der Waals surface area contributed by atoms with Crippen LogP contribution in [0.4, 0.5) is 0 Å². The second-order valence-corrected chi connectivity index (χ2v) is 21.7. The molecule has 0 aliphatic rings. The molecule has 6 heteroatoms. The first-order chi connectivity index (χ1) is 35.5. The van der Waals surface area contributed by atoms with Crippen molar-refractivity contribution in [2.75, 3.05) is 13.2 Å². The lowest BCUT2D eigenvalue weighted by atomic mass is 10.0. The van der Waals surface area contributed by atoms with Gasteiger partial charge in [-0.2, -0.15) is 0 Å². The van der Waals surface area contributed by atoms with Gasteiger partial charge in [0.25, 0.3) is 0 Å². The van der Waals surface area contributed by atoms with Crippen molar-refractivity contribution in [3.05, 3.63) is 48.6 Å². The zero-order chi connectivity index (χ0) is 52.2. The highest BCUT2D eigenvalue weighted by molar-refractivity contribution is 5.76. The Bertz CT molecular complexity index is 1210. The molecule has 0 radical (unpaired) electrons. The van der Waals surface area contributed by atoms with Crippen LogP contribution in [0.1, 0.15) is 335 Å². The fraction of sp³-hybridized carbons (Fsp3) is 0.848. The summed E-state index contributed by atoms with van der Waals surface area (Å²) in [6.07, 6.45) is 78.9. The number of rotatable bonds is 59. The molecule has 0 aromatic rings. The van der Waals surface area contributed by atoms with Crippen molar-refractivity contribution in [1.82, 2.24) is 5.32 Å². The highest BCUT2D eigenvalue weighted by Gasteiger charge is 2.18. The van der Waals surface area contributed by atoms with E-state index in [-0.39, 0.29) is 18.5 Å². The number of aliphatic hydroxyl groups excluding tert-OH is 2. The zero-order valence-electron chi connectivity index (χ0n) is 48.2. The fourth-order valence-electron chi connectivity index (χ4n) is 9.66. The van der Waals surface area contributed by atoms with Crippen LogP contribution in [0.15, 0.2) is 48.6 Å². The molecular formula is C66H123NO5. The average molecular weight is 1010 g/mol. The number of carbonyl (C=O) groups excluding carboxylic acids is 2. The van der Waals surface area contributed by atoms with E-state index in [1.54, 1.807) is 6.08 Å². The van der Waals surface area contributed by atoms with Crippen molar-refractivity contribution in [2.24, 2.45) is 0 Å². The van der Waals surface area contributed by atoms with E-state index in [4.69, 9.17) is 4.74 Å². The fourth-order valence-corrected chi connectivity index (χ4v) is 9.66. The predicted octanol–water partition coefficient (Wildman–Crippen LogP) is 20.1. The van der Waals surface area contributed by atoms with Gasteiger partial charge in [-0.25, -0.2) is 0 Å². The molecule has 3 N–H and O–H groups in total. The number of esters is 1. The summed E-state index contributed by atoms with van der Waals surface area (Å²) in [5.41, 5.74) is 0. The lowest BCUT2D eigenvalue weighted by Crippen LogP contribution is -2.45. The summed E-state index contributed by atoms with van der Waals surface area (Å²) in [4.78, 5) is 24.5. The second-order valence-electron chi connectivity index (χ2n) is 21.7. The summed E-state index contributed by atoms with van der Waals surface area (Å²) in [5, 5.41) is 22.9. The van der Waals surface area contributed by atoms with Crippen LogP contribution in [0.2, 0.25) is 0 Å². The molecule has 1 amide bonds. The van der Waals surface area contributed by atoms with Gasteiger partial charge in [-0.05, 0) is 89.9 Å². The van der Waals surface area contributed by atoms with Crippen LogP contribution in [-0.4, -0.2) is 47.4 Å². The van der Waals surface area contributed by atoms with Gasteiger partial charge in [0.1, 0.15) is 0 Å². The quantitative estimate of drug-likeness (QED) is 0.0320. The number of hydrogen-bond acceptors (Lipinski definition) is 5. The maximum absolute atomic E-state index is 12.4. The van der Waals surface area contributed by atoms with Gasteiger partial charge in [-0.3, -0.25) is 9.59 Å². The van der Waals surface area contributed by atoms with Crippen LogP contribution in [0.3, 0.4) is 0 Å². The number of aliphatic hydroxyl groups is 2. The largest absolute Gasteiger partial charge is 0.466 e. The predicted molar refractivity (Wildman–Crippen MR) is 315 cm³/mol. The molecule has 0 aliphatic carbocycles. The van der Waals surface area contributed by atoms with Gasteiger partial charge in [0.2, 0.25) is 5.91 Å². The zero-order valence-corrected chi connectivity index (χ0v) is 48.2. The summed E-state index contributed by atoms with van der Waals surface area (Å²) in [7, 11) is 0. The number of nitrogens with one attached hydrogen (secondary N) is 1. The minimum absolute atomic E-state index is 0.00776. The summed E-state index contributed by atoms with van der Waals surface area (Å²) < 4.78 is 5.49. The number of allylic oxidation sites excluding steroid dienone is 7. The van der Waals surface area contributed by atoms with Crippen LogP contribution >= 0.6 is 0 Å². The number of ether oxygens (including phenoxy) is 1. The molecule has 0 spiro atoms. The van der Waals surface area contributed by atoms with Crippen LogP contribution < -0.4 is 5.32 Å². The Balaban J connectivity index is 3.36. The van der Waals surface area contributed by atoms with Gasteiger partial charge >= 0.3 is 5.97 Å². The first-order valence-corrected chi connectivity index (χ1v) is 31.9. The molecule has 0 aliphatic heterocycles. The highest BCUT2D eigenvalue weighted by atomic mass is 16.5. The lowest BCUT2D eigenvalue weighted by Gasteiger charge is -2.20. The van der Waals surface area contributed by atoms with Gasteiger partial charge in [0.15, 0.2) is 0 Å². The molecule has 0 fully saturated rings. The number of carbonyl (C=O) groups is 2. The molecule has 0 saturated heterocycles. The minimum atomic E-state index is -0.842. The highest BCUT2D eigenvalue weighted by Crippen LogP contribution is 2.17. The Hall–Kier alpha value is -2.18. The van der Waals surface area contributed by atoms with Crippen LogP contribution in [0.25, 0.3) is 0 Å². The van der Waals surface area contributed by atoms with Gasteiger partial charge in [-0.1, -0.05) is 281 Å². The lowest BCUT2D eigenvalue weighted by molar-refractivity contribution is -0.143. The Morgan fingerprint density at radius 2 is 0.694 bits per heavy atom. The standard InChI is InChI=1S/C66H123NO5/c1-3-5-7-9-11-13-14-15-16-17-31-34-37-40-44-48-52-56-60-66(71)72-61-57-53-49-45-41-38-35-32-29-27-25-23-21-19-18-20-22-24-26-28-30-33-36-39-43-47-51-55-59-65(70)67-63(62-68)64(69)58-54-50-46-42-12-10-8-6-4-2/h13-14,16-19,54,58,63-64,68-69H,3-12,15,20-53,55-57,59-62H2,1-2H3,(H,67,70)/b14-13-,17-16-,19-18-,58-54+. The Morgan fingerprint density at radius 1 is 0.389 bits per heavy atom. The van der Waals surface area contributed by atoms with E-state index in [2.05, 4.69) is 55.6 Å². The summed E-state index contributed by atoms with van der Waals surface area (Å²) in [6, 6.07) is -0.626. The number of amides is 1. The minimum Gasteiger partial charge on any atom is -0.466 e. The summed E-state index contributed by atoms with van der Waals surface area (Å²) in [6.45, 7) is 4.86. The van der Waals surface area contributed by atoms with E-state index in [0.29, 0.717) is 19.4 Å². The van der Waals surface area contributed by atoms with Crippen molar-refractivity contribution >= 4 is 11.9 Å². The van der Waals surface area contributed by atoms with Crippen LogP contribution in [-0.2, 0) is 14.3 Å². The smallest absolute Gasteiger partial charge is 0.305 e. The number of unbranched alkanes of at least 4 members (excludes halogenated alkanes) is 42. The van der Waals surface area contributed by atoms with E-state index in [9.17, 15) is 19.8 Å². The maximum Gasteiger partial charge on any atom is 0.305 e. The molecule has 6 nitrogen and oxygen atoms in total. The van der Waals surface area contributed by atoms with E-state index < -0.39 is 12.1 Å². The SMILES string of the molecule is CCCCCC/C=C\C/C=C\CCCCCCCCCC(=O)OCCCCCCCCCCCCCC/C=C\CCCCCCCCCCCCCCC(=O)NC(CO)C(O)/C=C/CCCCCCCCC. The Labute approximate surface area is 448 Å². The second kappa shape index (κ2) is 61.4. The third kappa shape index (κ3) is 57.1. The third-order valence-corrected chi connectivity index (χ3v) is 14.6. The molecule has 0 heterocycles. The molecule has 0 aromatic carbocycles. The third-order valence-electron chi connectivity index (χ3n) is 14.6. The Kier molecular flexibility index (Phi) is 59.5. The van der Waals surface area contributed by atoms with Gasteiger partial charge in [0, 0.05) is 12.8 Å². The maximum atomic E-state index is 12.4. The molecule has 2 atom stereocenters. The molecular weight excluding hydrogens is 887 g/mol. The first kappa shape index (κ1) is 69.8. The van der Waals surface area contributed by atoms with E-state index in [1.165, 1.54) is 257 Å². The first-order valence-electron chi connectivity index (χ1n) is 31.9. The molecule has 0 saturated carbocycles. The van der Waals surface area contributed by atoms with E-state index in [0.717, 1.165) is 51.4 Å². The van der Waals surface area contributed by atoms with Crippen molar-refractivity contribution in [3.8, 4) is 0 Å². The molecule has 72 heavy (non-hydrogen) atoms. The summed E-state index contributed by atoms with van der Waals surface area (Å²) in [5.74, 6) is -0.0628. The monoisotopic (exact) mass is 1010 g/mol. The molecule has 2 unspecified atom stereocenters. The molecule has 0 bridgehead atoms. The van der Waals surface area contributed by atoms with Crippen molar-refractivity contribution < 1.29 is 24.5 Å². The summed E-state index contributed by atoms with van der Waals surface area (Å²) >= 11 is 0. The van der Waals surface area contributed by atoms with E-state index in [1.807, 2.05) is 6.08 Å². The average Bonchev–Trinajstić information content (AvgIpc) is 3.38. The Morgan fingerprint density at radius 3 is 1.08 bits per heavy atom. The normalized spacial score (nSPS) is 12.9. The topological polar surface area (TPSA) is 95.9 Å². The van der Waals surface area contributed by atoms with E-state index >= 15 is 0 Å².